The summed E-state index contributed by atoms with van der Waals surface area (Å²) < 4.78 is 39.7. The molecular formula is C19H20F3N5. The zero-order valence-electron chi connectivity index (χ0n) is 15.1. The van der Waals surface area contributed by atoms with Gasteiger partial charge in [-0.3, -0.25) is 4.90 Å². The van der Waals surface area contributed by atoms with Crippen molar-refractivity contribution in [3.8, 4) is 5.69 Å². The van der Waals surface area contributed by atoms with Gasteiger partial charge in [0.1, 0.15) is 0 Å². The van der Waals surface area contributed by atoms with Crippen LogP contribution < -0.4 is 0 Å². The molecule has 0 aliphatic carbocycles. The van der Waals surface area contributed by atoms with Crippen LogP contribution in [0.4, 0.5) is 13.2 Å². The molecule has 3 aromatic rings. The van der Waals surface area contributed by atoms with E-state index in [-0.39, 0.29) is 0 Å². The molecule has 3 rings (SSSR count). The Morgan fingerprint density at radius 1 is 1.00 bits per heavy atom. The normalized spacial score (nSPS) is 11.9. The van der Waals surface area contributed by atoms with Gasteiger partial charge >= 0.3 is 6.18 Å². The molecule has 1 heterocycles. The summed E-state index contributed by atoms with van der Waals surface area (Å²) in [5, 5.41) is 11.7. The summed E-state index contributed by atoms with van der Waals surface area (Å²) >= 11 is 0. The molecule has 5 nitrogen and oxygen atoms in total. The lowest BCUT2D eigenvalue weighted by atomic mass is 10.1. The maximum absolute atomic E-state index is 12.7. The molecule has 8 heteroatoms. The van der Waals surface area contributed by atoms with E-state index in [1.54, 1.807) is 0 Å². The monoisotopic (exact) mass is 375 g/mol. The van der Waals surface area contributed by atoms with Gasteiger partial charge in [-0.05, 0) is 59.3 Å². The van der Waals surface area contributed by atoms with Crippen molar-refractivity contribution in [3.63, 3.8) is 0 Å². The van der Waals surface area contributed by atoms with E-state index in [2.05, 4.69) is 39.5 Å². The SMILES string of the molecule is CCN(Cc1ccccc1C)Cc1nnnn1-c1ccc(C(F)(F)F)cc1. The second kappa shape index (κ2) is 7.87. The number of tetrazole rings is 1. The van der Waals surface area contributed by atoms with Crippen molar-refractivity contribution < 1.29 is 13.2 Å². The van der Waals surface area contributed by atoms with E-state index in [4.69, 9.17) is 0 Å². The van der Waals surface area contributed by atoms with E-state index in [1.165, 1.54) is 27.9 Å². The highest BCUT2D eigenvalue weighted by Crippen LogP contribution is 2.29. The Hall–Kier alpha value is -2.74. The van der Waals surface area contributed by atoms with Crippen molar-refractivity contribution in [2.24, 2.45) is 0 Å². The quantitative estimate of drug-likeness (QED) is 0.653. The molecule has 142 valence electrons. The minimum Gasteiger partial charge on any atom is -0.292 e. The summed E-state index contributed by atoms with van der Waals surface area (Å²) in [6, 6.07) is 13.0. The van der Waals surface area contributed by atoms with Gasteiger partial charge in [0.25, 0.3) is 0 Å². The number of rotatable bonds is 6. The van der Waals surface area contributed by atoms with Crippen LogP contribution in [0.15, 0.2) is 48.5 Å². The molecule has 27 heavy (non-hydrogen) atoms. The van der Waals surface area contributed by atoms with Crippen LogP contribution in [0.2, 0.25) is 0 Å². The molecule has 0 radical (unpaired) electrons. The summed E-state index contributed by atoms with van der Waals surface area (Å²) in [4.78, 5) is 2.18. The fourth-order valence-corrected chi connectivity index (χ4v) is 2.80. The minimum atomic E-state index is -4.37. The standard InChI is InChI=1S/C19H20F3N5/c1-3-26(12-15-7-5-4-6-14(15)2)13-18-23-24-25-27(18)17-10-8-16(9-11-17)19(20,21)22/h4-11H,3,12-13H2,1-2H3. The first-order valence-corrected chi connectivity index (χ1v) is 8.60. The zero-order valence-corrected chi connectivity index (χ0v) is 15.1. The number of alkyl halides is 3. The van der Waals surface area contributed by atoms with Crippen LogP contribution in [0.25, 0.3) is 5.69 Å². The number of aromatic nitrogens is 4. The lowest BCUT2D eigenvalue weighted by Crippen LogP contribution is -2.24. The van der Waals surface area contributed by atoms with Gasteiger partial charge in [0, 0.05) is 6.54 Å². The van der Waals surface area contributed by atoms with Crippen molar-refractivity contribution in [3.05, 3.63) is 71.0 Å². The van der Waals surface area contributed by atoms with Crippen LogP contribution in [0, 0.1) is 6.92 Å². The molecule has 2 aromatic carbocycles. The zero-order chi connectivity index (χ0) is 19.4. The van der Waals surface area contributed by atoms with Crippen LogP contribution in [0.1, 0.15) is 29.4 Å². The van der Waals surface area contributed by atoms with Crippen molar-refractivity contribution in [1.29, 1.82) is 0 Å². The van der Waals surface area contributed by atoms with E-state index in [0.717, 1.165) is 25.2 Å². The fraction of sp³-hybridized carbons (Fsp3) is 0.316. The average Bonchev–Trinajstić information content (AvgIpc) is 3.10. The van der Waals surface area contributed by atoms with E-state index in [9.17, 15) is 13.2 Å². The number of nitrogens with zero attached hydrogens (tertiary/aromatic N) is 5. The maximum Gasteiger partial charge on any atom is 0.416 e. The van der Waals surface area contributed by atoms with Crippen LogP contribution >= 0.6 is 0 Å². The highest BCUT2D eigenvalue weighted by molar-refractivity contribution is 5.35. The van der Waals surface area contributed by atoms with Crippen molar-refractivity contribution in [2.45, 2.75) is 33.1 Å². The summed E-state index contributed by atoms with van der Waals surface area (Å²) in [5.74, 6) is 0.574. The highest BCUT2D eigenvalue weighted by Gasteiger charge is 2.30. The lowest BCUT2D eigenvalue weighted by Gasteiger charge is -2.21. The highest BCUT2D eigenvalue weighted by atomic mass is 19.4. The van der Waals surface area contributed by atoms with Crippen LogP contribution in [0.3, 0.4) is 0 Å². The molecule has 0 bridgehead atoms. The average molecular weight is 375 g/mol. The first kappa shape index (κ1) is 19.0. The molecule has 0 fully saturated rings. The molecule has 0 unspecified atom stereocenters. The molecule has 0 aliphatic rings. The van der Waals surface area contributed by atoms with Gasteiger partial charge in [0.15, 0.2) is 5.82 Å². The minimum absolute atomic E-state index is 0.485. The molecule has 0 aliphatic heterocycles. The predicted molar refractivity (Wildman–Crippen MR) is 95.1 cm³/mol. The summed E-state index contributed by atoms with van der Waals surface area (Å²) in [6.45, 7) is 6.12. The Kier molecular flexibility index (Phi) is 5.55. The largest absolute Gasteiger partial charge is 0.416 e. The van der Waals surface area contributed by atoms with E-state index < -0.39 is 11.7 Å². The fourth-order valence-electron chi connectivity index (χ4n) is 2.80. The number of hydrogen-bond acceptors (Lipinski definition) is 4. The van der Waals surface area contributed by atoms with Gasteiger partial charge in [0.2, 0.25) is 0 Å². The van der Waals surface area contributed by atoms with E-state index in [0.29, 0.717) is 18.1 Å². The molecule has 0 N–H and O–H groups in total. The van der Waals surface area contributed by atoms with Gasteiger partial charge in [-0.2, -0.15) is 17.9 Å². The van der Waals surface area contributed by atoms with Crippen LogP contribution in [0.5, 0.6) is 0 Å². The number of halogens is 3. The Bertz CT molecular complexity index is 887. The van der Waals surface area contributed by atoms with Crippen LogP contribution in [-0.4, -0.2) is 31.7 Å². The summed E-state index contributed by atoms with van der Waals surface area (Å²) in [7, 11) is 0. The Morgan fingerprint density at radius 2 is 1.70 bits per heavy atom. The molecule has 0 saturated carbocycles. The van der Waals surface area contributed by atoms with Gasteiger partial charge in [-0.1, -0.05) is 31.2 Å². The molecule has 0 atom stereocenters. The Balaban J connectivity index is 1.79. The predicted octanol–water partition coefficient (Wildman–Crippen LogP) is 4.01. The van der Waals surface area contributed by atoms with Crippen molar-refractivity contribution in [1.82, 2.24) is 25.1 Å². The smallest absolute Gasteiger partial charge is 0.292 e. The Labute approximate surface area is 155 Å². The summed E-state index contributed by atoms with van der Waals surface area (Å²) in [6.07, 6.45) is -4.37. The third-order valence-electron chi connectivity index (χ3n) is 4.44. The topological polar surface area (TPSA) is 46.8 Å². The third-order valence-corrected chi connectivity index (χ3v) is 4.44. The number of aryl methyl sites for hydroxylation is 1. The van der Waals surface area contributed by atoms with E-state index in [1.807, 2.05) is 19.1 Å². The lowest BCUT2D eigenvalue weighted by molar-refractivity contribution is -0.137. The van der Waals surface area contributed by atoms with Gasteiger partial charge in [0.05, 0.1) is 17.8 Å². The first-order valence-electron chi connectivity index (χ1n) is 8.60. The van der Waals surface area contributed by atoms with Gasteiger partial charge in [-0.25, -0.2) is 0 Å². The molecule has 0 spiro atoms. The molecule has 1 aromatic heterocycles. The second-order valence-corrected chi connectivity index (χ2v) is 6.28. The number of hydrogen-bond donors (Lipinski definition) is 0. The van der Waals surface area contributed by atoms with E-state index >= 15 is 0 Å². The van der Waals surface area contributed by atoms with Crippen molar-refractivity contribution in [2.75, 3.05) is 6.54 Å². The molecule has 0 saturated heterocycles. The molecule has 0 amide bonds. The van der Waals surface area contributed by atoms with Crippen molar-refractivity contribution >= 4 is 0 Å². The number of benzene rings is 2. The summed E-state index contributed by atoms with van der Waals surface area (Å²) in [5.41, 5.74) is 2.22. The van der Waals surface area contributed by atoms with Crippen LogP contribution in [-0.2, 0) is 19.3 Å². The second-order valence-electron chi connectivity index (χ2n) is 6.28. The van der Waals surface area contributed by atoms with Gasteiger partial charge < -0.3 is 0 Å². The van der Waals surface area contributed by atoms with Gasteiger partial charge in [-0.15, -0.1) is 5.10 Å². The molecular weight excluding hydrogens is 355 g/mol. The Morgan fingerprint density at radius 3 is 2.33 bits per heavy atom. The first-order chi connectivity index (χ1) is 12.9. The third kappa shape index (κ3) is 4.51. The maximum atomic E-state index is 12.7.